The molecule has 30 heavy (non-hydrogen) atoms. The number of halogens is 1. The van der Waals surface area contributed by atoms with Crippen LogP contribution in [-0.2, 0) is 13.5 Å². The molecule has 4 rings (SSSR count). The quantitative estimate of drug-likeness (QED) is 0.515. The number of nitrogens with zero attached hydrogens (tertiary/aromatic N) is 4. The second kappa shape index (κ2) is 8.00. The Bertz CT molecular complexity index is 1320. The molecular weight excluding hydrogens is 404 g/mol. The third kappa shape index (κ3) is 3.65. The Balaban J connectivity index is 1.64. The van der Waals surface area contributed by atoms with Crippen molar-refractivity contribution in [3.8, 4) is 5.69 Å². The molecule has 0 unspecified atom stereocenters. The van der Waals surface area contributed by atoms with Gasteiger partial charge in [-0.2, -0.15) is 0 Å². The van der Waals surface area contributed by atoms with Gasteiger partial charge in [0.15, 0.2) is 0 Å². The summed E-state index contributed by atoms with van der Waals surface area (Å²) in [5.74, 6) is 0.0916. The zero-order valence-corrected chi connectivity index (χ0v) is 17.1. The first-order chi connectivity index (χ1) is 14.5. The first-order valence-electron chi connectivity index (χ1n) is 9.26. The van der Waals surface area contributed by atoms with Crippen molar-refractivity contribution in [3.63, 3.8) is 0 Å². The molecule has 2 N–H and O–H groups in total. The molecule has 0 aliphatic carbocycles. The van der Waals surface area contributed by atoms with Crippen molar-refractivity contribution in [1.82, 2.24) is 24.5 Å². The van der Waals surface area contributed by atoms with E-state index >= 15 is 0 Å². The molecule has 0 atom stereocenters. The van der Waals surface area contributed by atoms with Crippen molar-refractivity contribution in [1.29, 1.82) is 0 Å². The predicted molar refractivity (Wildman–Crippen MR) is 116 cm³/mol. The topological polar surface area (TPSA) is 97.6 Å². The van der Waals surface area contributed by atoms with Gasteiger partial charge in [0.2, 0.25) is 5.95 Å². The molecule has 0 fully saturated rings. The Morgan fingerprint density at radius 1 is 1.03 bits per heavy atom. The maximum Gasteiger partial charge on any atom is 0.295 e. The van der Waals surface area contributed by atoms with E-state index in [2.05, 4.69) is 20.5 Å². The molecule has 0 aliphatic rings. The summed E-state index contributed by atoms with van der Waals surface area (Å²) in [7, 11) is 1.79. The van der Waals surface area contributed by atoms with E-state index in [1.165, 1.54) is 4.68 Å². The Morgan fingerprint density at radius 2 is 1.73 bits per heavy atom. The van der Waals surface area contributed by atoms with E-state index in [1.54, 1.807) is 24.7 Å². The van der Waals surface area contributed by atoms with Crippen LogP contribution in [0, 0.1) is 6.92 Å². The number of nitrogens with one attached hydrogen (secondary N) is 2. The van der Waals surface area contributed by atoms with Crippen LogP contribution in [0.3, 0.4) is 0 Å². The summed E-state index contributed by atoms with van der Waals surface area (Å²) in [5, 5.41) is 11.5. The van der Waals surface area contributed by atoms with Crippen LogP contribution < -0.4 is 16.4 Å². The number of H-pyrrole nitrogens is 1. The minimum Gasteiger partial charge on any atom is -0.318 e. The Labute approximate surface area is 176 Å². The molecule has 0 aliphatic heterocycles. The number of aromatic nitrogens is 5. The lowest BCUT2D eigenvalue weighted by Gasteiger charge is -2.07. The van der Waals surface area contributed by atoms with Gasteiger partial charge in [-0.05, 0) is 30.7 Å². The Hall–Kier alpha value is -3.65. The monoisotopic (exact) mass is 422 g/mol. The van der Waals surface area contributed by atoms with Crippen molar-refractivity contribution in [3.05, 3.63) is 97.3 Å². The minimum absolute atomic E-state index is 0.0916. The van der Waals surface area contributed by atoms with Crippen LogP contribution in [0.1, 0.15) is 17.0 Å². The highest BCUT2D eigenvalue weighted by Crippen LogP contribution is 2.18. The summed E-state index contributed by atoms with van der Waals surface area (Å²) < 4.78 is 3.27. The van der Waals surface area contributed by atoms with E-state index in [1.807, 2.05) is 48.5 Å². The van der Waals surface area contributed by atoms with Gasteiger partial charge in [0.1, 0.15) is 11.4 Å². The van der Waals surface area contributed by atoms with Gasteiger partial charge in [-0.3, -0.25) is 19.3 Å². The van der Waals surface area contributed by atoms with Gasteiger partial charge in [0.25, 0.3) is 11.1 Å². The summed E-state index contributed by atoms with van der Waals surface area (Å²) >= 11 is 6.16. The van der Waals surface area contributed by atoms with Crippen molar-refractivity contribution < 1.29 is 0 Å². The highest BCUT2D eigenvalue weighted by atomic mass is 35.5. The van der Waals surface area contributed by atoms with Gasteiger partial charge >= 0.3 is 0 Å². The molecule has 8 nitrogen and oxygen atoms in total. The Morgan fingerprint density at radius 3 is 2.43 bits per heavy atom. The predicted octanol–water partition coefficient (Wildman–Crippen LogP) is 2.95. The van der Waals surface area contributed by atoms with Crippen molar-refractivity contribution >= 4 is 23.2 Å². The van der Waals surface area contributed by atoms with E-state index < -0.39 is 5.56 Å². The summed E-state index contributed by atoms with van der Waals surface area (Å²) in [5.41, 5.74) is 2.09. The maximum absolute atomic E-state index is 13.0. The van der Waals surface area contributed by atoms with Crippen LogP contribution >= 0.6 is 11.6 Å². The number of hydrogen-bond donors (Lipinski definition) is 2. The average Bonchev–Trinajstić information content (AvgIpc) is 2.95. The van der Waals surface area contributed by atoms with Crippen LogP contribution in [0.5, 0.6) is 0 Å². The first-order valence-corrected chi connectivity index (χ1v) is 9.64. The van der Waals surface area contributed by atoms with E-state index in [0.717, 1.165) is 11.3 Å². The average molecular weight is 423 g/mol. The number of hydrogen-bond acceptors (Lipinski definition) is 5. The van der Waals surface area contributed by atoms with E-state index in [9.17, 15) is 9.59 Å². The lowest BCUT2D eigenvalue weighted by atomic mass is 10.1. The van der Waals surface area contributed by atoms with Crippen molar-refractivity contribution in [2.75, 3.05) is 5.32 Å². The summed E-state index contributed by atoms with van der Waals surface area (Å²) in [4.78, 5) is 28.1. The van der Waals surface area contributed by atoms with E-state index in [0.29, 0.717) is 16.4 Å². The minimum atomic E-state index is -0.399. The van der Waals surface area contributed by atoms with Crippen LogP contribution in [0.4, 0.5) is 11.6 Å². The third-order valence-corrected chi connectivity index (χ3v) is 5.25. The fraction of sp³-hybridized carbons (Fsp3) is 0.143. The second-order valence-electron chi connectivity index (χ2n) is 6.78. The summed E-state index contributed by atoms with van der Waals surface area (Å²) in [6, 6.07) is 16.5. The lowest BCUT2D eigenvalue weighted by Crippen LogP contribution is -2.22. The largest absolute Gasteiger partial charge is 0.318 e. The summed E-state index contributed by atoms with van der Waals surface area (Å²) in [6.07, 6.45) is 0.257. The molecule has 0 spiro atoms. The SMILES string of the molecule is Cc1c(Nc2nnc(Cc3ccccc3Cl)c(=O)[nH]2)c(=O)n(-c2ccccc2)n1C. The van der Waals surface area contributed by atoms with Crippen molar-refractivity contribution in [2.45, 2.75) is 13.3 Å². The van der Waals surface area contributed by atoms with Gasteiger partial charge in [-0.25, -0.2) is 4.68 Å². The van der Waals surface area contributed by atoms with Crippen LogP contribution in [-0.4, -0.2) is 24.5 Å². The fourth-order valence-corrected chi connectivity index (χ4v) is 3.39. The van der Waals surface area contributed by atoms with Crippen LogP contribution in [0.25, 0.3) is 5.69 Å². The molecule has 0 radical (unpaired) electrons. The Kier molecular flexibility index (Phi) is 5.24. The normalized spacial score (nSPS) is 10.9. The molecule has 9 heteroatoms. The lowest BCUT2D eigenvalue weighted by molar-refractivity contribution is 0.630. The molecule has 4 aromatic rings. The maximum atomic E-state index is 13.0. The fourth-order valence-electron chi connectivity index (χ4n) is 3.19. The highest BCUT2D eigenvalue weighted by Gasteiger charge is 2.17. The molecule has 152 valence electrons. The zero-order chi connectivity index (χ0) is 21.3. The van der Waals surface area contributed by atoms with Gasteiger partial charge in [0, 0.05) is 18.5 Å². The molecule has 0 saturated heterocycles. The van der Waals surface area contributed by atoms with E-state index in [4.69, 9.17) is 11.6 Å². The van der Waals surface area contributed by atoms with Gasteiger partial charge < -0.3 is 5.32 Å². The first kappa shape index (κ1) is 19.7. The van der Waals surface area contributed by atoms with E-state index in [-0.39, 0.29) is 23.6 Å². The number of rotatable bonds is 5. The highest BCUT2D eigenvalue weighted by molar-refractivity contribution is 6.31. The van der Waals surface area contributed by atoms with Gasteiger partial charge in [-0.1, -0.05) is 48.0 Å². The summed E-state index contributed by atoms with van der Waals surface area (Å²) in [6.45, 7) is 1.81. The molecule has 2 aromatic heterocycles. The molecule has 0 bridgehead atoms. The molecule has 2 aromatic carbocycles. The van der Waals surface area contributed by atoms with Gasteiger partial charge in [0.05, 0.1) is 11.4 Å². The van der Waals surface area contributed by atoms with Gasteiger partial charge in [-0.15, -0.1) is 10.2 Å². The standard InChI is InChI=1S/C21H19ClN6O2/c1-13-18(20(30)28(27(13)2)15-9-4-3-5-10-15)23-21-24-19(29)17(25-26-21)12-14-8-6-7-11-16(14)22/h3-11H,12H2,1-2H3,(H2,23,24,26,29). The van der Waals surface area contributed by atoms with Crippen molar-refractivity contribution in [2.24, 2.45) is 7.05 Å². The number of benzene rings is 2. The molecule has 2 heterocycles. The number of aromatic amines is 1. The third-order valence-electron chi connectivity index (χ3n) is 4.88. The smallest absolute Gasteiger partial charge is 0.295 e. The zero-order valence-electron chi connectivity index (χ0n) is 16.4. The number of anilines is 2. The number of para-hydroxylation sites is 1. The second-order valence-corrected chi connectivity index (χ2v) is 7.19. The van der Waals surface area contributed by atoms with Crippen LogP contribution in [0.2, 0.25) is 5.02 Å². The molecule has 0 saturated carbocycles. The molecule has 0 amide bonds. The molecular formula is C21H19ClN6O2. The van der Waals surface area contributed by atoms with Crippen LogP contribution in [0.15, 0.2) is 64.2 Å².